The number of hydrogen-bond donors (Lipinski definition) is 0. The molecule has 0 radical (unpaired) electrons. The van der Waals surface area contributed by atoms with Crippen molar-refractivity contribution in [3.8, 4) is 6.07 Å². The Morgan fingerprint density at radius 2 is 1.84 bits per heavy atom. The average Bonchev–Trinajstić information content (AvgIpc) is 3.29. The normalized spacial score (nSPS) is 17.1. The summed E-state index contributed by atoms with van der Waals surface area (Å²) in [4.78, 5) is 19.3. The van der Waals surface area contributed by atoms with Crippen LogP contribution in [0.25, 0.3) is 0 Å². The molecule has 1 amide bonds. The van der Waals surface area contributed by atoms with Crippen molar-refractivity contribution >= 4 is 40.5 Å². The number of rotatable bonds is 5. The van der Waals surface area contributed by atoms with Gasteiger partial charge in [-0.25, -0.2) is 4.39 Å². The summed E-state index contributed by atoms with van der Waals surface area (Å²) in [5.74, 6) is -1.15. The van der Waals surface area contributed by atoms with Gasteiger partial charge in [0.25, 0.3) is 11.5 Å². The third kappa shape index (κ3) is 5.13. The number of carbonyl (C=O) groups excluding carboxylic acids is 1. The molecule has 0 aliphatic carbocycles. The standard InChI is InChI=1S/C26H17Cl2F4N3O2/c1-15-9-16(5-6-22(15)24(36)35(8-7-33)21-4-2-3-20(29)13-21)23-14-25(37-34-23,26(30,31)32)17-10-18(27)12-19(28)11-17/h2-6,9-13H,8,14H2,1H3. The minimum atomic E-state index is -4.85. The maximum Gasteiger partial charge on any atom is 0.435 e. The van der Waals surface area contributed by atoms with E-state index in [1.165, 1.54) is 42.5 Å². The molecule has 4 rings (SSSR count). The number of halogens is 6. The maximum absolute atomic E-state index is 14.3. The fourth-order valence-corrected chi connectivity index (χ4v) is 4.60. The van der Waals surface area contributed by atoms with Crippen molar-refractivity contribution in [3.63, 3.8) is 0 Å². The number of alkyl halides is 3. The Morgan fingerprint density at radius 1 is 1.14 bits per heavy atom. The van der Waals surface area contributed by atoms with Crippen molar-refractivity contribution in [2.45, 2.75) is 25.1 Å². The van der Waals surface area contributed by atoms with Gasteiger partial charge in [-0.05, 0) is 66.6 Å². The van der Waals surface area contributed by atoms with Gasteiger partial charge in [0, 0.05) is 33.3 Å². The van der Waals surface area contributed by atoms with Gasteiger partial charge in [0.2, 0.25) is 0 Å². The molecule has 0 fully saturated rings. The third-order valence-electron chi connectivity index (χ3n) is 5.90. The van der Waals surface area contributed by atoms with Gasteiger partial charge in [-0.1, -0.05) is 40.5 Å². The molecule has 0 saturated carbocycles. The summed E-state index contributed by atoms with van der Waals surface area (Å²) in [6.07, 6.45) is -5.50. The first-order valence-electron chi connectivity index (χ1n) is 10.8. The first-order valence-corrected chi connectivity index (χ1v) is 11.5. The zero-order valence-electron chi connectivity index (χ0n) is 19.1. The summed E-state index contributed by atoms with van der Waals surface area (Å²) < 4.78 is 56.5. The molecule has 37 heavy (non-hydrogen) atoms. The van der Waals surface area contributed by atoms with E-state index in [0.29, 0.717) is 11.1 Å². The molecule has 1 unspecified atom stereocenters. The number of nitrogens with zero attached hydrogens (tertiary/aromatic N) is 3. The van der Waals surface area contributed by atoms with E-state index in [1.807, 2.05) is 6.07 Å². The molecular weight excluding hydrogens is 533 g/mol. The van der Waals surface area contributed by atoms with Gasteiger partial charge in [0.05, 0.1) is 11.8 Å². The Hall–Kier alpha value is -3.61. The van der Waals surface area contributed by atoms with Gasteiger partial charge < -0.3 is 4.84 Å². The number of amides is 1. The van der Waals surface area contributed by atoms with Crippen LogP contribution < -0.4 is 4.90 Å². The van der Waals surface area contributed by atoms with Gasteiger partial charge in [0.15, 0.2) is 0 Å². The number of hydrogen-bond acceptors (Lipinski definition) is 4. The minimum absolute atomic E-state index is 0.00883. The van der Waals surface area contributed by atoms with Crippen LogP contribution in [0.5, 0.6) is 0 Å². The van der Waals surface area contributed by atoms with Gasteiger partial charge >= 0.3 is 6.18 Å². The van der Waals surface area contributed by atoms with Crippen LogP contribution in [0, 0.1) is 24.1 Å². The summed E-state index contributed by atoms with van der Waals surface area (Å²) >= 11 is 11.9. The van der Waals surface area contributed by atoms with Crippen LogP contribution in [-0.2, 0) is 10.4 Å². The first-order chi connectivity index (χ1) is 17.4. The SMILES string of the molecule is Cc1cc(C2=NOC(c3cc(Cl)cc(Cl)c3)(C(F)(F)F)C2)ccc1C(=O)N(CC#N)c1cccc(F)c1. The lowest BCUT2D eigenvalue weighted by Crippen LogP contribution is -2.42. The molecule has 0 spiro atoms. The van der Waals surface area contributed by atoms with E-state index in [2.05, 4.69) is 5.16 Å². The summed E-state index contributed by atoms with van der Waals surface area (Å²) in [6.45, 7) is 1.26. The van der Waals surface area contributed by atoms with Crippen LogP contribution in [0.2, 0.25) is 10.0 Å². The van der Waals surface area contributed by atoms with E-state index >= 15 is 0 Å². The summed E-state index contributed by atoms with van der Waals surface area (Å²) in [7, 11) is 0. The van der Waals surface area contributed by atoms with E-state index in [0.717, 1.165) is 23.1 Å². The van der Waals surface area contributed by atoms with Crippen LogP contribution in [0.4, 0.5) is 23.2 Å². The predicted octanol–water partition coefficient (Wildman–Crippen LogP) is 7.19. The summed E-state index contributed by atoms with van der Waals surface area (Å²) in [5.41, 5.74) is -1.97. The van der Waals surface area contributed by atoms with Crippen LogP contribution in [0.15, 0.2) is 65.8 Å². The molecular formula is C26H17Cl2F4N3O2. The van der Waals surface area contributed by atoms with E-state index < -0.39 is 29.9 Å². The lowest BCUT2D eigenvalue weighted by molar-refractivity contribution is -0.275. The topological polar surface area (TPSA) is 65.7 Å². The fraction of sp³-hybridized carbons (Fsp3) is 0.192. The molecule has 3 aromatic rings. The zero-order valence-corrected chi connectivity index (χ0v) is 20.6. The van der Waals surface area contributed by atoms with E-state index in [-0.39, 0.29) is 39.1 Å². The summed E-state index contributed by atoms with van der Waals surface area (Å²) in [6, 6.07) is 15.1. The van der Waals surface area contributed by atoms with Crippen LogP contribution in [-0.4, -0.2) is 24.3 Å². The molecule has 11 heteroatoms. The van der Waals surface area contributed by atoms with Gasteiger partial charge in [0.1, 0.15) is 12.4 Å². The van der Waals surface area contributed by atoms with E-state index in [4.69, 9.17) is 28.0 Å². The van der Waals surface area contributed by atoms with Crippen molar-refractivity contribution < 1.29 is 27.2 Å². The van der Waals surface area contributed by atoms with Crippen molar-refractivity contribution in [2.24, 2.45) is 5.16 Å². The predicted molar refractivity (Wildman–Crippen MR) is 131 cm³/mol. The molecule has 3 aromatic carbocycles. The molecule has 1 aliphatic rings. The fourth-order valence-electron chi connectivity index (χ4n) is 4.07. The first kappa shape index (κ1) is 26.5. The Bertz CT molecular complexity index is 1430. The zero-order chi connectivity index (χ0) is 27.0. The van der Waals surface area contributed by atoms with Gasteiger partial charge in [-0.2, -0.15) is 18.4 Å². The van der Waals surface area contributed by atoms with E-state index in [9.17, 15) is 27.6 Å². The summed E-state index contributed by atoms with van der Waals surface area (Å²) in [5, 5.41) is 12.9. The molecule has 1 aliphatic heterocycles. The van der Waals surface area contributed by atoms with Crippen molar-refractivity contribution in [3.05, 3.63) is 98.8 Å². The van der Waals surface area contributed by atoms with Crippen LogP contribution in [0.3, 0.4) is 0 Å². The minimum Gasteiger partial charge on any atom is -0.374 e. The molecule has 0 N–H and O–H groups in total. The molecule has 0 aromatic heterocycles. The van der Waals surface area contributed by atoms with Crippen molar-refractivity contribution in [1.82, 2.24) is 0 Å². The molecule has 5 nitrogen and oxygen atoms in total. The van der Waals surface area contributed by atoms with Gasteiger partial charge in [-0.15, -0.1) is 0 Å². The second-order valence-electron chi connectivity index (χ2n) is 8.35. The highest BCUT2D eigenvalue weighted by molar-refractivity contribution is 6.34. The second kappa shape index (κ2) is 10.0. The van der Waals surface area contributed by atoms with Gasteiger partial charge in [-0.3, -0.25) is 9.69 Å². The third-order valence-corrected chi connectivity index (χ3v) is 6.34. The van der Waals surface area contributed by atoms with E-state index in [1.54, 1.807) is 6.92 Å². The molecule has 1 atom stereocenters. The van der Waals surface area contributed by atoms with Crippen LogP contribution >= 0.6 is 23.2 Å². The average molecular weight is 550 g/mol. The molecule has 0 saturated heterocycles. The highest BCUT2D eigenvalue weighted by atomic mass is 35.5. The number of anilines is 1. The molecule has 1 heterocycles. The number of benzene rings is 3. The largest absolute Gasteiger partial charge is 0.435 e. The number of carbonyl (C=O) groups is 1. The molecule has 190 valence electrons. The van der Waals surface area contributed by atoms with Crippen molar-refractivity contribution in [1.29, 1.82) is 5.26 Å². The maximum atomic E-state index is 14.3. The van der Waals surface area contributed by atoms with Crippen molar-refractivity contribution in [2.75, 3.05) is 11.4 Å². The highest BCUT2D eigenvalue weighted by Gasteiger charge is 2.62. The Labute approximate surface area is 219 Å². The van der Waals surface area contributed by atoms with Crippen LogP contribution in [0.1, 0.15) is 33.5 Å². The number of oxime groups is 1. The number of nitriles is 1. The quantitative estimate of drug-likeness (QED) is 0.250. The smallest absolute Gasteiger partial charge is 0.374 e. The second-order valence-corrected chi connectivity index (χ2v) is 9.22. The molecule has 0 bridgehead atoms. The monoisotopic (exact) mass is 549 g/mol. The number of aryl methyl sites for hydroxylation is 1. The Morgan fingerprint density at radius 3 is 2.43 bits per heavy atom. The highest BCUT2D eigenvalue weighted by Crippen LogP contribution is 2.49. The Kier molecular flexibility index (Phi) is 7.18. The lowest BCUT2D eigenvalue weighted by atomic mass is 9.86. The lowest BCUT2D eigenvalue weighted by Gasteiger charge is -2.29. The Balaban J connectivity index is 1.65.